The van der Waals surface area contributed by atoms with Crippen molar-refractivity contribution in [1.29, 1.82) is 0 Å². The maximum absolute atomic E-state index is 13.0. The van der Waals surface area contributed by atoms with Crippen LogP contribution < -0.4 is 10.2 Å². The number of hydrogen-bond acceptors (Lipinski definition) is 2. The molecule has 1 heterocycles. The molecular weight excluding hydrogens is 283 g/mol. The highest BCUT2D eigenvalue weighted by atomic mass is 19.1. The molecule has 4 nitrogen and oxygen atoms in total. The van der Waals surface area contributed by atoms with E-state index in [0.717, 1.165) is 25.7 Å². The van der Waals surface area contributed by atoms with Crippen LogP contribution in [0.2, 0.25) is 0 Å². The molecule has 2 aliphatic rings. The quantitative estimate of drug-likeness (QED) is 0.933. The third-order valence-corrected chi connectivity index (χ3v) is 4.64. The Hall–Kier alpha value is -1.91. The Bertz CT molecular complexity index is 552. The molecule has 0 radical (unpaired) electrons. The van der Waals surface area contributed by atoms with Crippen molar-refractivity contribution in [2.45, 2.75) is 44.6 Å². The van der Waals surface area contributed by atoms with Crippen LogP contribution in [0.3, 0.4) is 0 Å². The SMILES string of the molecule is O=C(N[C@H]1CCN(c2ccc(F)cc2)C1=O)C1CCCCC1. The maximum atomic E-state index is 13.0. The molecule has 2 fully saturated rings. The number of anilines is 1. The zero-order valence-corrected chi connectivity index (χ0v) is 12.6. The fourth-order valence-electron chi connectivity index (χ4n) is 3.35. The van der Waals surface area contributed by atoms with Gasteiger partial charge in [-0.1, -0.05) is 19.3 Å². The van der Waals surface area contributed by atoms with E-state index < -0.39 is 6.04 Å². The third kappa shape index (κ3) is 3.13. The number of nitrogens with zero attached hydrogens (tertiary/aromatic N) is 1. The van der Waals surface area contributed by atoms with Crippen LogP contribution in [0.25, 0.3) is 0 Å². The van der Waals surface area contributed by atoms with E-state index >= 15 is 0 Å². The average molecular weight is 304 g/mol. The highest BCUT2D eigenvalue weighted by molar-refractivity contribution is 6.01. The predicted molar refractivity (Wildman–Crippen MR) is 81.9 cm³/mol. The van der Waals surface area contributed by atoms with E-state index in [1.807, 2.05) is 0 Å². The van der Waals surface area contributed by atoms with Crippen molar-refractivity contribution < 1.29 is 14.0 Å². The summed E-state index contributed by atoms with van der Waals surface area (Å²) in [5.41, 5.74) is 0.681. The molecule has 1 N–H and O–H groups in total. The van der Waals surface area contributed by atoms with Crippen LogP contribution in [-0.2, 0) is 9.59 Å². The molecule has 118 valence electrons. The molecule has 1 aromatic carbocycles. The number of carbonyl (C=O) groups is 2. The Morgan fingerprint density at radius 2 is 1.77 bits per heavy atom. The molecule has 1 aromatic rings. The molecule has 1 saturated carbocycles. The van der Waals surface area contributed by atoms with E-state index in [0.29, 0.717) is 18.7 Å². The van der Waals surface area contributed by atoms with Crippen LogP contribution in [0.5, 0.6) is 0 Å². The summed E-state index contributed by atoms with van der Waals surface area (Å²) in [6, 6.07) is 5.43. The van der Waals surface area contributed by atoms with Gasteiger partial charge in [-0.2, -0.15) is 0 Å². The number of hydrogen-bond donors (Lipinski definition) is 1. The number of amides is 2. The number of halogens is 1. The second kappa shape index (κ2) is 6.46. The molecule has 0 aromatic heterocycles. The molecule has 3 rings (SSSR count). The van der Waals surface area contributed by atoms with Crippen molar-refractivity contribution in [3.8, 4) is 0 Å². The zero-order chi connectivity index (χ0) is 15.5. The van der Waals surface area contributed by atoms with E-state index in [1.165, 1.54) is 18.6 Å². The van der Waals surface area contributed by atoms with Crippen LogP contribution >= 0.6 is 0 Å². The van der Waals surface area contributed by atoms with Crippen LogP contribution in [0, 0.1) is 11.7 Å². The van der Waals surface area contributed by atoms with Gasteiger partial charge < -0.3 is 10.2 Å². The smallest absolute Gasteiger partial charge is 0.249 e. The number of benzene rings is 1. The summed E-state index contributed by atoms with van der Waals surface area (Å²) in [7, 11) is 0. The molecular formula is C17H21FN2O2. The molecule has 1 aliphatic carbocycles. The lowest BCUT2D eigenvalue weighted by atomic mass is 9.88. The lowest BCUT2D eigenvalue weighted by molar-refractivity contribution is -0.129. The van der Waals surface area contributed by atoms with Crippen molar-refractivity contribution in [3.63, 3.8) is 0 Å². The van der Waals surface area contributed by atoms with Crippen molar-refractivity contribution in [2.24, 2.45) is 5.92 Å². The summed E-state index contributed by atoms with van der Waals surface area (Å²) >= 11 is 0. The minimum absolute atomic E-state index is 0.0130. The minimum Gasteiger partial charge on any atom is -0.344 e. The first kappa shape index (κ1) is 15.0. The van der Waals surface area contributed by atoms with Crippen molar-refractivity contribution in [3.05, 3.63) is 30.1 Å². The predicted octanol–water partition coefficient (Wildman–Crippen LogP) is 2.63. The fourth-order valence-corrected chi connectivity index (χ4v) is 3.35. The molecule has 0 unspecified atom stereocenters. The van der Waals surface area contributed by atoms with Gasteiger partial charge in [-0.15, -0.1) is 0 Å². The van der Waals surface area contributed by atoms with E-state index in [4.69, 9.17) is 0 Å². The van der Waals surface area contributed by atoms with Crippen molar-refractivity contribution in [2.75, 3.05) is 11.4 Å². The van der Waals surface area contributed by atoms with Crippen LogP contribution in [0.4, 0.5) is 10.1 Å². The first-order valence-electron chi connectivity index (χ1n) is 8.02. The first-order valence-corrected chi connectivity index (χ1v) is 8.02. The van der Waals surface area contributed by atoms with Gasteiger partial charge in [0, 0.05) is 18.2 Å². The highest BCUT2D eigenvalue weighted by Gasteiger charge is 2.35. The summed E-state index contributed by atoms with van der Waals surface area (Å²) < 4.78 is 13.0. The Kier molecular flexibility index (Phi) is 4.41. The van der Waals surface area contributed by atoms with Crippen molar-refractivity contribution >= 4 is 17.5 Å². The van der Waals surface area contributed by atoms with E-state index in [2.05, 4.69) is 5.32 Å². The lowest BCUT2D eigenvalue weighted by Crippen LogP contribution is -2.44. The van der Waals surface area contributed by atoms with E-state index in [9.17, 15) is 14.0 Å². The normalized spacial score (nSPS) is 22.9. The summed E-state index contributed by atoms with van der Waals surface area (Å²) in [6.45, 7) is 0.556. The topological polar surface area (TPSA) is 49.4 Å². The molecule has 0 bridgehead atoms. The van der Waals surface area contributed by atoms with Gasteiger partial charge in [-0.25, -0.2) is 4.39 Å². The van der Waals surface area contributed by atoms with Gasteiger partial charge >= 0.3 is 0 Å². The largest absolute Gasteiger partial charge is 0.344 e. The molecule has 2 amide bonds. The Labute approximate surface area is 129 Å². The van der Waals surface area contributed by atoms with Crippen LogP contribution in [0.15, 0.2) is 24.3 Å². The van der Waals surface area contributed by atoms with Gasteiger partial charge in [0.25, 0.3) is 0 Å². The molecule has 1 saturated heterocycles. The van der Waals surface area contributed by atoms with Gasteiger partial charge in [-0.3, -0.25) is 9.59 Å². The van der Waals surface area contributed by atoms with Crippen LogP contribution in [-0.4, -0.2) is 24.4 Å². The Morgan fingerprint density at radius 3 is 2.45 bits per heavy atom. The second-order valence-corrected chi connectivity index (χ2v) is 6.15. The molecule has 5 heteroatoms. The van der Waals surface area contributed by atoms with Gasteiger partial charge in [0.2, 0.25) is 11.8 Å². The Morgan fingerprint density at radius 1 is 1.09 bits per heavy atom. The number of rotatable bonds is 3. The average Bonchev–Trinajstić information content (AvgIpc) is 2.90. The Balaban J connectivity index is 1.61. The summed E-state index contributed by atoms with van der Waals surface area (Å²) in [5.74, 6) is -0.353. The zero-order valence-electron chi connectivity index (χ0n) is 12.6. The van der Waals surface area contributed by atoms with Gasteiger partial charge in [-0.05, 0) is 43.5 Å². The van der Waals surface area contributed by atoms with E-state index in [-0.39, 0.29) is 23.5 Å². The molecule has 1 aliphatic heterocycles. The number of carbonyl (C=O) groups excluding carboxylic acids is 2. The minimum atomic E-state index is -0.445. The summed E-state index contributed by atoms with van der Waals surface area (Å²) in [5, 5.41) is 2.91. The van der Waals surface area contributed by atoms with Crippen molar-refractivity contribution in [1.82, 2.24) is 5.32 Å². The standard InChI is InChI=1S/C17H21FN2O2/c18-13-6-8-14(9-7-13)20-11-10-15(17(20)22)19-16(21)12-4-2-1-3-5-12/h6-9,12,15H,1-5,10-11H2,(H,19,21)/t15-/m0/s1. The highest BCUT2D eigenvalue weighted by Crippen LogP contribution is 2.25. The fraction of sp³-hybridized carbons (Fsp3) is 0.529. The first-order chi connectivity index (χ1) is 10.6. The number of nitrogens with one attached hydrogen (secondary N) is 1. The third-order valence-electron chi connectivity index (χ3n) is 4.64. The summed E-state index contributed by atoms with van der Waals surface area (Å²) in [6.07, 6.45) is 5.85. The van der Waals surface area contributed by atoms with Crippen LogP contribution in [0.1, 0.15) is 38.5 Å². The molecule has 0 spiro atoms. The molecule has 22 heavy (non-hydrogen) atoms. The van der Waals surface area contributed by atoms with Gasteiger partial charge in [0.1, 0.15) is 11.9 Å². The lowest BCUT2D eigenvalue weighted by Gasteiger charge is -2.23. The maximum Gasteiger partial charge on any atom is 0.249 e. The van der Waals surface area contributed by atoms with Gasteiger partial charge in [0.15, 0.2) is 0 Å². The second-order valence-electron chi connectivity index (χ2n) is 6.15. The van der Waals surface area contributed by atoms with Gasteiger partial charge in [0.05, 0.1) is 0 Å². The monoisotopic (exact) mass is 304 g/mol. The van der Waals surface area contributed by atoms with E-state index in [1.54, 1.807) is 17.0 Å². The molecule has 1 atom stereocenters. The summed E-state index contributed by atoms with van der Waals surface area (Å²) in [4.78, 5) is 26.3.